The summed E-state index contributed by atoms with van der Waals surface area (Å²) in [5, 5.41) is 7.34. The Kier molecular flexibility index (Phi) is 3.75. The normalized spacial score (nSPS) is 17.0. The molecule has 3 heterocycles. The molecule has 0 saturated carbocycles. The third-order valence-corrected chi connectivity index (χ3v) is 4.96. The van der Waals surface area contributed by atoms with E-state index in [9.17, 15) is 8.78 Å². The van der Waals surface area contributed by atoms with E-state index in [1.165, 1.54) is 6.07 Å². The van der Waals surface area contributed by atoms with Crippen LogP contribution in [0.15, 0.2) is 42.6 Å². The van der Waals surface area contributed by atoms with Crippen LogP contribution in [0.2, 0.25) is 0 Å². The molecule has 136 valence electrons. The maximum atomic E-state index is 14.0. The fourth-order valence-corrected chi connectivity index (χ4v) is 3.58. The van der Waals surface area contributed by atoms with Crippen molar-refractivity contribution >= 4 is 27.6 Å². The van der Waals surface area contributed by atoms with E-state index in [0.717, 1.165) is 42.2 Å². The van der Waals surface area contributed by atoms with E-state index in [4.69, 9.17) is 0 Å². The number of rotatable bonds is 3. The second-order valence-electron chi connectivity index (χ2n) is 6.77. The van der Waals surface area contributed by atoms with Crippen molar-refractivity contribution in [3.8, 4) is 11.4 Å². The Morgan fingerprint density at radius 3 is 2.74 bits per heavy atom. The Hall–Kier alpha value is -3.06. The predicted octanol–water partition coefficient (Wildman–Crippen LogP) is 3.83. The molecule has 4 aromatic rings. The van der Waals surface area contributed by atoms with E-state index in [-0.39, 0.29) is 6.04 Å². The van der Waals surface area contributed by atoms with Gasteiger partial charge in [0.25, 0.3) is 0 Å². The summed E-state index contributed by atoms with van der Waals surface area (Å²) < 4.78 is 27.7. The van der Waals surface area contributed by atoms with Crippen LogP contribution in [0.3, 0.4) is 0 Å². The molecule has 0 radical (unpaired) electrons. The van der Waals surface area contributed by atoms with Crippen LogP contribution in [0, 0.1) is 11.6 Å². The number of pyridine rings is 1. The summed E-state index contributed by atoms with van der Waals surface area (Å²) >= 11 is 0. The van der Waals surface area contributed by atoms with Crippen molar-refractivity contribution in [1.82, 2.24) is 20.3 Å². The van der Waals surface area contributed by atoms with E-state index in [1.807, 2.05) is 24.3 Å². The highest BCUT2D eigenvalue weighted by atomic mass is 19.2. The Labute approximate surface area is 153 Å². The number of hydrogen-bond acceptors (Lipinski definition) is 4. The fourth-order valence-electron chi connectivity index (χ4n) is 3.58. The van der Waals surface area contributed by atoms with Gasteiger partial charge in [0.1, 0.15) is 5.82 Å². The molecule has 7 heteroatoms. The number of benzene rings is 2. The zero-order valence-electron chi connectivity index (χ0n) is 14.4. The number of aromatic nitrogens is 3. The first kappa shape index (κ1) is 16.1. The van der Waals surface area contributed by atoms with Crippen LogP contribution >= 0.6 is 0 Å². The Morgan fingerprint density at radius 1 is 1.07 bits per heavy atom. The molecule has 1 fully saturated rings. The van der Waals surface area contributed by atoms with Gasteiger partial charge in [0, 0.05) is 30.2 Å². The highest BCUT2D eigenvalue weighted by Gasteiger charge is 2.21. The smallest absolute Gasteiger partial charge is 0.161 e. The SMILES string of the molecule is Fc1cc2ncc(-c3nc4ccccc4[nH]3)c(NC3CCNC3)c2cc1F. The van der Waals surface area contributed by atoms with E-state index in [0.29, 0.717) is 22.4 Å². The summed E-state index contributed by atoms with van der Waals surface area (Å²) in [4.78, 5) is 12.3. The number of nitrogens with zero attached hydrogens (tertiary/aromatic N) is 2. The quantitative estimate of drug-likeness (QED) is 0.516. The van der Waals surface area contributed by atoms with Crippen molar-refractivity contribution in [1.29, 1.82) is 0 Å². The lowest BCUT2D eigenvalue weighted by Crippen LogP contribution is -2.22. The van der Waals surface area contributed by atoms with Crippen molar-refractivity contribution in [3.63, 3.8) is 0 Å². The summed E-state index contributed by atoms with van der Waals surface area (Å²) in [6, 6.07) is 10.3. The number of fused-ring (bicyclic) bond motifs is 2. The minimum absolute atomic E-state index is 0.201. The second kappa shape index (κ2) is 6.28. The van der Waals surface area contributed by atoms with E-state index >= 15 is 0 Å². The number of H-pyrrole nitrogens is 1. The molecule has 3 N–H and O–H groups in total. The zero-order chi connectivity index (χ0) is 18.4. The first-order chi connectivity index (χ1) is 13.2. The maximum absolute atomic E-state index is 14.0. The predicted molar refractivity (Wildman–Crippen MR) is 102 cm³/mol. The molecule has 0 bridgehead atoms. The molecule has 1 unspecified atom stereocenters. The Balaban J connectivity index is 1.73. The van der Waals surface area contributed by atoms with Gasteiger partial charge in [-0.25, -0.2) is 13.8 Å². The van der Waals surface area contributed by atoms with Gasteiger partial charge < -0.3 is 15.6 Å². The molecular formula is C20H17F2N5. The molecular weight excluding hydrogens is 348 g/mol. The molecule has 0 aliphatic carbocycles. The average Bonchev–Trinajstić information content (AvgIpc) is 3.32. The molecule has 1 aliphatic heterocycles. The molecule has 5 nitrogen and oxygen atoms in total. The van der Waals surface area contributed by atoms with Crippen molar-refractivity contribution in [2.45, 2.75) is 12.5 Å². The topological polar surface area (TPSA) is 65.6 Å². The van der Waals surface area contributed by atoms with Gasteiger partial charge in [-0.2, -0.15) is 0 Å². The summed E-state index contributed by atoms with van der Waals surface area (Å²) in [7, 11) is 0. The summed E-state index contributed by atoms with van der Waals surface area (Å²) in [6.07, 6.45) is 2.61. The average molecular weight is 365 g/mol. The number of halogens is 2. The zero-order valence-corrected chi connectivity index (χ0v) is 14.4. The third kappa shape index (κ3) is 2.80. The first-order valence-corrected chi connectivity index (χ1v) is 8.89. The van der Waals surface area contributed by atoms with Crippen LogP contribution in [-0.2, 0) is 0 Å². The largest absolute Gasteiger partial charge is 0.380 e. The lowest BCUT2D eigenvalue weighted by Gasteiger charge is -2.18. The van der Waals surface area contributed by atoms with Crippen molar-refractivity contribution < 1.29 is 8.78 Å². The minimum atomic E-state index is -0.903. The third-order valence-electron chi connectivity index (χ3n) is 4.96. The van der Waals surface area contributed by atoms with Gasteiger partial charge in [-0.05, 0) is 31.2 Å². The molecule has 1 aliphatic rings. The lowest BCUT2D eigenvalue weighted by atomic mass is 10.1. The summed E-state index contributed by atoms with van der Waals surface area (Å²) in [6.45, 7) is 1.73. The maximum Gasteiger partial charge on any atom is 0.161 e. The van der Waals surface area contributed by atoms with Gasteiger partial charge in [-0.1, -0.05) is 12.1 Å². The van der Waals surface area contributed by atoms with Crippen molar-refractivity contribution in [2.75, 3.05) is 18.4 Å². The van der Waals surface area contributed by atoms with Crippen molar-refractivity contribution in [3.05, 3.63) is 54.2 Å². The standard InChI is InChI=1S/C20H17F2N5/c21-14-7-12-18(8-15(14)22)24-10-13(19(12)25-11-5-6-23-9-11)20-26-16-3-1-2-4-17(16)27-20/h1-4,7-8,10-11,23H,5-6,9H2,(H,24,25)(H,26,27). The van der Waals surface area contributed by atoms with Gasteiger partial charge in [-0.15, -0.1) is 0 Å². The van der Waals surface area contributed by atoms with Gasteiger partial charge in [0.2, 0.25) is 0 Å². The van der Waals surface area contributed by atoms with Crippen LogP contribution in [0.5, 0.6) is 0 Å². The van der Waals surface area contributed by atoms with Crippen LogP contribution in [0.25, 0.3) is 33.3 Å². The number of aromatic amines is 1. The van der Waals surface area contributed by atoms with Gasteiger partial charge >= 0.3 is 0 Å². The fraction of sp³-hybridized carbons (Fsp3) is 0.200. The summed E-state index contributed by atoms with van der Waals surface area (Å²) in [5.41, 5.74) is 3.60. The molecule has 5 rings (SSSR count). The van der Waals surface area contributed by atoms with Gasteiger partial charge in [0.05, 0.1) is 27.8 Å². The number of imidazole rings is 1. The molecule has 1 saturated heterocycles. The van der Waals surface area contributed by atoms with Crippen LogP contribution in [0.1, 0.15) is 6.42 Å². The molecule has 2 aromatic carbocycles. The number of nitrogens with one attached hydrogen (secondary N) is 3. The van der Waals surface area contributed by atoms with Crippen molar-refractivity contribution in [2.24, 2.45) is 0 Å². The second-order valence-corrected chi connectivity index (χ2v) is 6.77. The Morgan fingerprint density at radius 2 is 1.93 bits per heavy atom. The van der Waals surface area contributed by atoms with Crippen LogP contribution < -0.4 is 10.6 Å². The molecule has 1 atom stereocenters. The van der Waals surface area contributed by atoms with E-state index in [1.54, 1.807) is 6.20 Å². The number of hydrogen-bond donors (Lipinski definition) is 3. The number of para-hydroxylation sites is 2. The first-order valence-electron chi connectivity index (χ1n) is 8.89. The van der Waals surface area contributed by atoms with Crippen LogP contribution in [0.4, 0.5) is 14.5 Å². The van der Waals surface area contributed by atoms with E-state index in [2.05, 4.69) is 25.6 Å². The van der Waals surface area contributed by atoms with Gasteiger partial charge in [0.15, 0.2) is 11.6 Å². The van der Waals surface area contributed by atoms with Gasteiger partial charge in [-0.3, -0.25) is 4.98 Å². The molecule has 0 amide bonds. The minimum Gasteiger partial charge on any atom is -0.380 e. The molecule has 0 spiro atoms. The number of anilines is 1. The molecule has 27 heavy (non-hydrogen) atoms. The highest BCUT2D eigenvalue weighted by molar-refractivity contribution is 5.99. The summed E-state index contributed by atoms with van der Waals surface area (Å²) in [5.74, 6) is -1.15. The van der Waals surface area contributed by atoms with E-state index < -0.39 is 11.6 Å². The monoisotopic (exact) mass is 365 g/mol. The van der Waals surface area contributed by atoms with Crippen LogP contribution in [-0.4, -0.2) is 34.1 Å². The Bertz CT molecular complexity index is 1110. The lowest BCUT2D eigenvalue weighted by molar-refractivity contribution is 0.510. The molecule has 2 aromatic heterocycles. The highest BCUT2D eigenvalue weighted by Crippen LogP contribution is 2.35.